The molecule has 22 heavy (non-hydrogen) atoms. The predicted molar refractivity (Wildman–Crippen MR) is 80.3 cm³/mol. The highest BCUT2D eigenvalue weighted by molar-refractivity contribution is 5.86. The van der Waals surface area contributed by atoms with Crippen molar-refractivity contribution in [1.82, 2.24) is 5.01 Å². The summed E-state index contributed by atoms with van der Waals surface area (Å²) in [5.41, 5.74) is 1.85. The molecule has 118 valence electrons. The molecule has 1 aromatic carbocycles. The minimum absolute atomic E-state index is 0.245. The van der Waals surface area contributed by atoms with Gasteiger partial charge in [0.1, 0.15) is 12.1 Å². The molecule has 2 unspecified atom stereocenters. The molecule has 2 heterocycles. The molecule has 1 fully saturated rings. The van der Waals surface area contributed by atoms with Gasteiger partial charge in [0, 0.05) is 7.05 Å². The second-order valence-corrected chi connectivity index (χ2v) is 5.27. The first-order valence-electron chi connectivity index (χ1n) is 7.23. The van der Waals surface area contributed by atoms with Gasteiger partial charge in [-0.25, -0.2) is 9.80 Å². The number of esters is 1. The molecule has 7 nitrogen and oxygen atoms in total. The first-order chi connectivity index (χ1) is 10.6. The number of hydrazine groups is 1. The third-order valence-corrected chi connectivity index (χ3v) is 4.13. The molecule has 7 heteroatoms. The number of hydrogen-bond donors (Lipinski definition) is 0. The van der Waals surface area contributed by atoms with Crippen LogP contribution in [0.25, 0.3) is 0 Å². The van der Waals surface area contributed by atoms with Gasteiger partial charge in [-0.1, -0.05) is 12.1 Å². The second-order valence-electron chi connectivity index (χ2n) is 5.27. The molecule has 2 atom stereocenters. The van der Waals surface area contributed by atoms with Gasteiger partial charge < -0.3 is 14.4 Å². The molecule has 1 aromatic rings. The van der Waals surface area contributed by atoms with Gasteiger partial charge in [0.2, 0.25) is 0 Å². The molecule has 3 rings (SSSR count). The Morgan fingerprint density at radius 2 is 1.95 bits per heavy atom. The van der Waals surface area contributed by atoms with E-state index in [9.17, 15) is 9.59 Å². The number of amides is 1. The Morgan fingerprint density at radius 1 is 1.27 bits per heavy atom. The average molecular weight is 305 g/mol. The fraction of sp³-hybridized carbons (Fsp3) is 0.467. The molecule has 1 amide bonds. The van der Waals surface area contributed by atoms with E-state index in [0.717, 1.165) is 11.4 Å². The summed E-state index contributed by atoms with van der Waals surface area (Å²) in [5, 5.41) is 3.31. The lowest BCUT2D eigenvalue weighted by Gasteiger charge is -2.29. The Bertz CT molecular complexity index is 606. The highest BCUT2D eigenvalue weighted by atomic mass is 16.6. The molecule has 0 aromatic heterocycles. The first-order valence-corrected chi connectivity index (χ1v) is 7.23. The van der Waals surface area contributed by atoms with Crippen LogP contribution in [0, 0.1) is 5.92 Å². The largest absolute Gasteiger partial charge is 0.469 e. The van der Waals surface area contributed by atoms with Crippen LogP contribution in [0.5, 0.6) is 0 Å². The molecule has 0 spiro atoms. The summed E-state index contributed by atoms with van der Waals surface area (Å²) in [6.07, 6.45) is -0.738. The van der Waals surface area contributed by atoms with Gasteiger partial charge in [0.05, 0.1) is 31.6 Å². The fourth-order valence-electron chi connectivity index (χ4n) is 3.20. The van der Waals surface area contributed by atoms with Gasteiger partial charge in [-0.05, 0) is 19.1 Å². The van der Waals surface area contributed by atoms with Crippen LogP contribution in [0.3, 0.4) is 0 Å². The van der Waals surface area contributed by atoms with Crippen molar-refractivity contribution in [2.24, 2.45) is 5.92 Å². The zero-order valence-electron chi connectivity index (χ0n) is 12.9. The number of anilines is 2. The molecule has 2 aliphatic rings. The number of para-hydroxylation sites is 2. The minimum Gasteiger partial charge on any atom is -0.469 e. The van der Waals surface area contributed by atoms with Crippen molar-refractivity contribution in [3.63, 3.8) is 0 Å². The molecule has 0 N–H and O–H groups in total. The molecule has 0 radical (unpaired) electrons. The third-order valence-electron chi connectivity index (χ3n) is 4.13. The standard InChI is InChI=1S/C15H19N3O4/c1-4-22-15(20)17-9-10(14(19)21-3)13-16(2)11-7-5-6-8-12(11)18(13)17/h5-8,10,13H,4,9H2,1-3H3. The number of fused-ring (bicyclic) bond motifs is 3. The molecule has 0 bridgehead atoms. The Balaban J connectivity index is 2.02. The number of hydrogen-bond acceptors (Lipinski definition) is 6. The maximum absolute atomic E-state index is 12.3. The number of rotatable bonds is 2. The lowest BCUT2D eigenvalue weighted by atomic mass is 10.1. The van der Waals surface area contributed by atoms with Gasteiger partial charge in [0.25, 0.3) is 0 Å². The van der Waals surface area contributed by atoms with Crippen LogP contribution in [0.2, 0.25) is 0 Å². The van der Waals surface area contributed by atoms with Crippen LogP contribution in [-0.2, 0) is 14.3 Å². The van der Waals surface area contributed by atoms with Crippen molar-refractivity contribution in [3.8, 4) is 0 Å². The molecular weight excluding hydrogens is 286 g/mol. The number of methoxy groups -OCH3 is 1. The number of carbonyl (C=O) groups excluding carboxylic acids is 2. The monoisotopic (exact) mass is 305 g/mol. The Labute approximate surface area is 129 Å². The molecule has 0 saturated carbocycles. The summed E-state index contributed by atoms with van der Waals surface area (Å²) < 4.78 is 10.0. The van der Waals surface area contributed by atoms with Crippen LogP contribution >= 0.6 is 0 Å². The fourth-order valence-corrected chi connectivity index (χ4v) is 3.20. The van der Waals surface area contributed by atoms with Gasteiger partial charge in [0.15, 0.2) is 0 Å². The quantitative estimate of drug-likeness (QED) is 0.771. The SMILES string of the molecule is CCOC(=O)N1CC(C(=O)OC)C2N(C)c3ccccc3N21. The van der Waals surface area contributed by atoms with E-state index < -0.39 is 12.0 Å². The second kappa shape index (κ2) is 5.40. The van der Waals surface area contributed by atoms with Crippen molar-refractivity contribution in [1.29, 1.82) is 0 Å². The highest BCUT2D eigenvalue weighted by Gasteiger charge is 2.53. The van der Waals surface area contributed by atoms with Gasteiger partial charge >= 0.3 is 12.1 Å². The number of nitrogens with zero attached hydrogens (tertiary/aromatic N) is 3. The maximum atomic E-state index is 12.3. The minimum atomic E-state index is -0.455. The summed E-state index contributed by atoms with van der Waals surface area (Å²) in [4.78, 5) is 26.4. The zero-order chi connectivity index (χ0) is 15.9. The summed E-state index contributed by atoms with van der Waals surface area (Å²) in [5.74, 6) is -0.784. The molecule has 1 saturated heterocycles. The normalized spacial score (nSPS) is 22.4. The van der Waals surface area contributed by atoms with E-state index in [4.69, 9.17) is 9.47 Å². The van der Waals surface area contributed by atoms with Crippen molar-refractivity contribution < 1.29 is 19.1 Å². The van der Waals surface area contributed by atoms with Crippen molar-refractivity contribution in [2.45, 2.75) is 13.1 Å². The van der Waals surface area contributed by atoms with Crippen LogP contribution in [0.4, 0.5) is 16.2 Å². The summed E-state index contributed by atoms with van der Waals surface area (Å²) in [7, 11) is 3.27. The van der Waals surface area contributed by atoms with Crippen LogP contribution in [-0.4, -0.2) is 50.5 Å². The number of benzene rings is 1. The summed E-state index contributed by atoms with van der Waals surface area (Å²) in [6.45, 7) is 2.29. The van der Waals surface area contributed by atoms with E-state index in [1.807, 2.05) is 41.2 Å². The molecular formula is C15H19N3O4. The van der Waals surface area contributed by atoms with E-state index in [0.29, 0.717) is 0 Å². The Hall–Kier alpha value is -2.44. The Morgan fingerprint density at radius 3 is 2.59 bits per heavy atom. The lowest BCUT2D eigenvalue weighted by Crippen LogP contribution is -2.48. The van der Waals surface area contributed by atoms with E-state index in [2.05, 4.69) is 0 Å². The van der Waals surface area contributed by atoms with E-state index >= 15 is 0 Å². The van der Waals surface area contributed by atoms with E-state index in [-0.39, 0.29) is 25.3 Å². The average Bonchev–Trinajstić information content (AvgIpc) is 3.05. The molecule has 0 aliphatic carbocycles. The smallest absolute Gasteiger partial charge is 0.428 e. The Kier molecular flexibility index (Phi) is 3.56. The van der Waals surface area contributed by atoms with Crippen LogP contribution < -0.4 is 9.91 Å². The van der Waals surface area contributed by atoms with Gasteiger partial charge in [-0.2, -0.15) is 0 Å². The number of carbonyl (C=O) groups is 2. The zero-order valence-corrected chi connectivity index (χ0v) is 12.9. The molecule has 2 aliphatic heterocycles. The van der Waals surface area contributed by atoms with Crippen LogP contribution in [0.1, 0.15) is 6.92 Å². The van der Waals surface area contributed by atoms with Crippen molar-refractivity contribution in [3.05, 3.63) is 24.3 Å². The maximum Gasteiger partial charge on any atom is 0.428 e. The van der Waals surface area contributed by atoms with E-state index in [1.54, 1.807) is 6.92 Å². The number of ether oxygens (including phenoxy) is 2. The van der Waals surface area contributed by atoms with Crippen LogP contribution in [0.15, 0.2) is 24.3 Å². The highest BCUT2D eigenvalue weighted by Crippen LogP contribution is 2.45. The van der Waals surface area contributed by atoms with Gasteiger partial charge in [-0.15, -0.1) is 0 Å². The first kappa shape index (κ1) is 14.5. The summed E-state index contributed by atoms with van der Waals surface area (Å²) >= 11 is 0. The lowest BCUT2D eigenvalue weighted by molar-refractivity contribution is -0.145. The summed E-state index contributed by atoms with van der Waals surface area (Å²) in [6, 6.07) is 7.73. The van der Waals surface area contributed by atoms with Crippen molar-refractivity contribution in [2.75, 3.05) is 37.2 Å². The van der Waals surface area contributed by atoms with Crippen molar-refractivity contribution >= 4 is 23.4 Å². The van der Waals surface area contributed by atoms with E-state index in [1.165, 1.54) is 12.1 Å². The predicted octanol–water partition coefficient (Wildman–Crippen LogP) is 1.45. The third kappa shape index (κ3) is 1.96. The van der Waals surface area contributed by atoms with Gasteiger partial charge in [-0.3, -0.25) is 9.80 Å². The topological polar surface area (TPSA) is 62.3 Å².